The Kier molecular flexibility index (Phi) is 4.03. The van der Waals surface area contributed by atoms with Gasteiger partial charge in [0.25, 0.3) is 0 Å². The van der Waals surface area contributed by atoms with Gasteiger partial charge in [0.2, 0.25) is 0 Å². The summed E-state index contributed by atoms with van der Waals surface area (Å²) in [6, 6.07) is 12.2. The van der Waals surface area contributed by atoms with Gasteiger partial charge in [-0.3, -0.25) is 4.99 Å². The van der Waals surface area contributed by atoms with Crippen LogP contribution in [0.2, 0.25) is 0 Å². The molecule has 0 bridgehead atoms. The fourth-order valence-corrected chi connectivity index (χ4v) is 1.70. The van der Waals surface area contributed by atoms with Gasteiger partial charge in [0.1, 0.15) is 5.75 Å². The Bertz CT molecular complexity index is 594. The predicted molar refractivity (Wildman–Crippen MR) is 74.1 cm³/mol. The summed E-state index contributed by atoms with van der Waals surface area (Å²) < 4.78 is 5.03. The van der Waals surface area contributed by atoms with E-state index >= 15 is 0 Å². The van der Waals surface area contributed by atoms with Gasteiger partial charge >= 0.3 is 0 Å². The summed E-state index contributed by atoms with van der Waals surface area (Å²) in [6.07, 6.45) is 1.58. The van der Waals surface area contributed by atoms with Gasteiger partial charge in [0.05, 0.1) is 13.7 Å². The first-order chi connectivity index (χ1) is 9.22. The van der Waals surface area contributed by atoms with Crippen molar-refractivity contribution in [2.24, 2.45) is 4.99 Å². The maximum absolute atomic E-state index is 9.89. The Morgan fingerprint density at radius 3 is 2.63 bits per heavy atom. The largest absolute Gasteiger partial charge is 0.507 e. The first-order valence-corrected chi connectivity index (χ1v) is 5.85. The molecule has 0 aliphatic heterocycles. The highest BCUT2D eigenvalue weighted by molar-refractivity contribution is 5.83. The highest BCUT2D eigenvalue weighted by Crippen LogP contribution is 2.29. The SMILES string of the molecule is COc1cccc(CN=Cc2ccccc2O)c1O. The molecule has 0 saturated heterocycles. The normalized spacial score (nSPS) is 10.8. The third-order valence-electron chi connectivity index (χ3n) is 2.73. The molecule has 0 heterocycles. The molecule has 4 nitrogen and oxygen atoms in total. The van der Waals surface area contributed by atoms with Crippen LogP contribution < -0.4 is 4.74 Å². The number of aromatic hydroxyl groups is 2. The monoisotopic (exact) mass is 257 g/mol. The third kappa shape index (κ3) is 3.04. The molecule has 0 unspecified atom stereocenters. The summed E-state index contributed by atoms with van der Waals surface area (Å²) in [7, 11) is 1.50. The van der Waals surface area contributed by atoms with Gasteiger partial charge in [-0.05, 0) is 18.2 Å². The van der Waals surface area contributed by atoms with E-state index in [9.17, 15) is 10.2 Å². The van der Waals surface area contributed by atoms with Gasteiger partial charge in [0.15, 0.2) is 11.5 Å². The quantitative estimate of drug-likeness (QED) is 0.828. The van der Waals surface area contributed by atoms with Crippen molar-refractivity contribution >= 4 is 6.21 Å². The van der Waals surface area contributed by atoms with E-state index in [1.807, 2.05) is 6.07 Å². The number of para-hydroxylation sites is 2. The minimum absolute atomic E-state index is 0.0967. The van der Waals surface area contributed by atoms with Crippen molar-refractivity contribution in [2.75, 3.05) is 7.11 Å². The topological polar surface area (TPSA) is 62.0 Å². The second-order valence-electron chi connectivity index (χ2n) is 4.00. The minimum atomic E-state index is 0.0967. The van der Waals surface area contributed by atoms with Crippen molar-refractivity contribution in [3.05, 3.63) is 53.6 Å². The van der Waals surface area contributed by atoms with E-state index in [4.69, 9.17) is 4.74 Å². The van der Waals surface area contributed by atoms with E-state index in [1.165, 1.54) is 7.11 Å². The molecule has 0 radical (unpaired) electrons. The van der Waals surface area contributed by atoms with Crippen LogP contribution >= 0.6 is 0 Å². The van der Waals surface area contributed by atoms with Crippen LogP contribution in [0.25, 0.3) is 0 Å². The summed E-state index contributed by atoms with van der Waals surface area (Å²) in [5.41, 5.74) is 1.32. The zero-order valence-corrected chi connectivity index (χ0v) is 10.6. The number of phenols is 2. The Labute approximate surface area is 111 Å². The second-order valence-corrected chi connectivity index (χ2v) is 4.00. The number of nitrogens with zero attached hydrogens (tertiary/aromatic N) is 1. The van der Waals surface area contributed by atoms with Crippen molar-refractivity contribution in [3.8, 4) is 17.2 Å². The van der Waals surface area contributed by atoms with Crippen LogP contribution in [0.3, 0.4) is 0 Å². The van der Waals surface area contributed by atoms with Crippen molar-refractivity contribution in [3.63, 3.8) is 0 Å². The van der Waals surface area contributed by atoms with Crippen molar-refractivity contribution in [2.45, 2.75) is 6.54 Å². The summed E-state index contributed by atoms with van der Waals surface area (Å²) in [4.78, 5) is 4.21. The number of ether oxygens (including phenoxy) is 1. The number of aliphatic imine (C=N–C) groups is 1. The van der Waals surface area contributed by atoms with Gasteiger partial charge in [-0.1, -0.05) is 24.3 Å². The van der Waals surface area contributed by atoms with E-state index in [-0.39, 0.29) is 11.5 Å². The van der Waals surface area contributed by atoms with E-state index < -0.39 is 0 Å². The van der Waals surface area contributed by atoms with Crippen LogP contribution in [-0.2, 0) is 6.54 Å². The lowest BCUT2D eigenvalue weighted by atomic mass is 10.2. The minimum Gasteiger partial charge on any atom is -0.507 e. The molecule has 98 valence electrons. The van der Waals surface area contributed by atoms with Gasteiger partial charge in [0, 0.05) is 17.3 Å². The number of rotatable bonds is 4. The van der Waals surface area contributed by atoms with Crippen LogP contribution in [0, 0.1) is 0 Å². The molecule has 2 aromatic carbocycles. The molecule has 2 rings (SSSR count). The maximum atomic E-state index is 9.89. The first kappa shape index (κ1) is 13.0. The standard InChI is InChI=1S/C15H15NO3/c1-19-14-8-4-6-12(15(14)18)10-16-9-11-5-2-3-7-13(11)17/h2-9,17-18H,10H2,1H3. The van der Waals surface area contributed by atoms with Crippen LogP contribution in [0.15, 0.2) is 47.5 Å². The highest BCUT2D eigenvalue weighted by Gasteiger charge is 2.05. The van der Waals surface area contributed by atoms with Crippen LogP contribution in [-0.4, -0.2) is 23.5 Å². The van der Waals surface area contributed by atoms with Crippen LogP contribution in [0.4, 0.5) is 0 Å². The van der Waals surface area contributed by atoms with Gasteiger partial charge in [-0.25, -0.2) is 0 Å². The zero-order valence-electron chi connectivity index (χ0n) is 10.6. The number of benzene rings is 2. The lowest BCUT2D eigenvalue weighted by molar-refractivity contribution is 0.371. The molecule has 0 aliphatic rings. The van der Waals surface area contributed by atoms with E-state index in [1.54, 1.807) is 42.6 Å². The molecule has 0 amide bonds. The van der Waals surface area contributed by atoms with E-state index in [0.29, 0.717) is 23.4 Å². The van der Waals surface area contributed by atoms with Crippen molar-refractivity contribution in [1.82, 2.24) is 0 Å². The molecule has 4 heteroatoms. The molecule has 2 aromatic rings. The van der Waals surface area contributed by atoms with Gasteiger partial charge < -0.3 is 14.9 Å². The Balaban J connectivity index is 2.13. The summed E-state index contributed by atoms with van der Waals surface area (Å²) >= 11 is 0. The molecule has 0 aromatic heterocycles. The summed E-state index contributed by atoms with van der Waals surface area (Å²) in [6.45, 7) is 0.317. The number of hydrogen-bond acceptors (Lipinski definition) is 4. The van der Waals surface area contributed by atoms with Crippen molar-refractivity contribution in [1.29, 1.82) is 0 Å². The van der Waals surface area contributed by atoms with Gasteiger partial charge in [-0.15, -0.1) is 0 Å². The van der Waals surface area contributed by atoms with Crippen LogP contribution in [0.5, 0.6) is 17.2 Å². The Morgan fingerprint density at radius 1 is 1.11 bits per heavy atom. The van der Waals surface area contributed by atoms with Crippen LogP contribution in [0.1, 0.15) is 11.1 Å². The summed E-state index contributed by atoms with van der Waals surface area (Å²) in [5, 5.41) is 19.5. The fraction of sp³-hybridized carbons (Fsp3) is 0.133. The Morgan fingerprint density at radius 2 is 1.89 bits per heavy atom. The average Bonchev–Trinajstić information content (AvgIpc) is 2.43. The second kappa shape index (κ2) is 5.91. The number of hydrogen-bond donors (Lipinski definition) is 2. The zero-order chi connectivity index (χ0) is 13.7. The third-order valence-corrected chi connectivity index (χ3v) is 2.73. The molecular weight excluding hydrogens is 242 g/mol. The lowest BCUT2D eigenvalue weighted by Gasteiger charge is -2.06. The molecular formula is C15H15NO3. The molecule has 2 N–H and O–H groups in total. The van der Waals surface area contributed by atoms with Crippen molar-refractivity contribution < 1.29 is 14.9 Å². The smallest absolute Gasteiger partial charge is 0.162 e. The molecule has 0 atom stereocenters. The molecule has 0 aliphatic carbocycles. The molecule has 0 saturated carbocycles. The first-order valence-electron chi connectivity index (χ1n) is 5.85. The summed E-state index contributed by atoms with van der Waals surface area (Å²) in [5.74, 6) is 0.704. The number of methoxy groups -OCH3 is 1. The Hall–Kier alpha value is -2.49. The lowest BCUT2D eigenvalue weighted by Crippen LogP contribution is -1.89. The number of phenolic OH excluding ortho intramolecular Hbond substituents is 2. The predicted octanol–water partition coefficient (Wildman–Crippen LogP) is 2.73. The molecule has 0 fully saturated rings. The van der Waals surface area contributed by atoms with E-state index in [0.717, 1.165) is 0 Å². The molecule has 0 spiro atoms. The van der Waals surface area contributed by atoms with E-state index in [2.05, 4.69) is 4.99 Å². The highest BCUT2D eigenvalue weighted by atomic mass is 16.5. The average molecular weight is 257 g/mol. The fourth-order valence-electron chi connectivity index (χ4n) is 1.70. The maximum Gasteiger partial charge on any atom is 0.162 e. The van der Waals surface area contributed by atoms with Gasteiger partial charge in [-0.2, -0.15) is 0 Å². The molecule has 19 heavy (non-hydrogen) atoms.